The van der Waals surface area contributed by atoms with Crippen molar-refractivity contribution in [2.24, 2.45) is 0 Å². The third-order valence-electron chi connectivity index (χ3n) is 2.98. The standard InChI is InChI=1S/C15H17NO3/c1-15(2,3)11-6-4-10(5-7-11)14-12(8-13(17)18)19-9-16-14/h4-7,9H,8H2,1-3H3,(H,17,18). The van der Waals surface area contributed by atoms with Crippen molar-refractivity contribution in [1.82, 2.24) is 4.98 Å². The highest BCUT2D eigenvalue weighted by Gasteiger charge is 2.16. The molecule has 0 saturated heterocycles. The summed E-state index contributed by atoms with van der Waals surface area (Å²) in [5, 5.41) is 8.82. The van der Waals surface area contributed by atoms with Crippen LogP contribution in [0.1, 0.15) is 32.1 Å². The maximum Gasteiger partial charge on any atom is 0.311 e. The van der Waals surface area contributed by atoms with Gasteiger partial charge < -0.3 is 9.52 Å². The molecule has 1 heterocycles. The molecule has 0 bridgehead atoms. The van der Waals surface area contributed by atoms with Crippen molar-refractivity contribution in [2.45, 2.75) is 32.6 Å². The van der Waals surface area contributed by atoms with Crippen molar-refractivity contribution in [2.75, 3.05) is 0 Å². The zero-order valence-corrected chi connectivity index (χ0v) is 11.3. The average Bonchev–Trinajstić information content (AvgIpc) is 2.75. The van der Waals surface area contributed by atoms with Gasteiger partial charge in [0, 0.05) is 5.56 Å². The highest BCUT2D eigenvalue weighted by Crippen LogP contribution is 2.27. The van der Waals surface area contributed by atoms with Crippen LogP contribution in [0.4, 0.5) is 0 Å². The second kappa shape index (κ2) is 4.88. The molecule has 0 aliphatic rings. The predicted octanol–water partition coefficient (Wildman–Crippen LogP) is 3.27. The minimum atomic E-state index is -0.927. The van der Waals surface area contributed by atoms with Crippen molar-refractivity contribution < 1.29 is 14.3 Å². The molecule has 0 amide bonds. The number of hydrogen-bond acceptors (Lipinski definition) is 3. The zero-order chi connectivity index (χ0) is 14.0. The van der Waals surface area contributed by atoms with E-state index in [1.54, 1.807) is 0 Å². The van der Waals surface area contributed by atoms with E-state index in [1.165, 1.54) is 12.0 Å². The van der Waals surface area contributed by atoms with Gasteiger partial charge in [0.05, 0.1) is 0 Å². The van der Waals surface area contributed by atoms with E-state index in [0.717, 1.165) is 5.56 Å². The smallest absolute Gasteiger partial charge is 0.311 e. The summed E-state index contributed by atoms with van der Waals surface area (Å²) in [5.41, 5.74) is 2.78. The molecule has 4 heteroatoms. The molecule has 0 aliphatic heterocycles. The summed E-state index contributed by atoms with van der Waals surface area (Å²) in [7, 11) is 0. The molecule has 1 aromatic carbocycles. The first-order valence-corrected chi connectivity index (χ1v) is 6.13. The molecule has 1 aromatic heterocycles. The number of aromatic nitrogens is 1. The summed E-state index contributed by atoms with van der Waals surface area (Å²) in [6, 6.07) is 7.97. The van der Waals surface area contributed by atoms with E-state index in [-0.39, 0.29) is 11.8 Å². The molecule has 0 radical (unpaired) electrons. The summed E-state index contributed by atoms with van der Waals surface area (Å²) in [5.74, 6) is -0.541. The van der Waals surface area contributed by atoms with Gasteiger partial charge in [-0.3, -0.25) is 4.79 Å². The predicted molar refractivity (Wildman–Crippen MR) is 72.0 cm³/mol. The Morgan fingerprint density at radius 3 is 2.42 bits per heavy atom. The Morgan fingerprint density at radius 1 is 1.26 bits per heavy atom. The van der Waals surface area contributed by atoms with Gasteiger partial charge in [-0.1, -0.05) is 45.0 Å². The third kappa shape index (κ3) is 3.02. The summed E-state index contributed by atoms with van der Waals surface area (Å²) < 4.78 is 5.14. The lowest BCUT2D eigenvalue weighted by molar-refractivity contribution is -0.136. The molecule has 0 spiro atoms. The van der Waals surface area contributed by atoms with Gasteiger partial charge in [0.2, 0.25) is 0 Å². The molecule has 2 aromatic rings. The number of aliphatic carboxylic acids is 1. The van der Waals surface area contributed by atoms with Crippen LogP contribution in [-0.4, -0.2) is 16.1 Å². The Bertz CT molecular complexity index is 576. The summed E-state index contributed by atoms with van der Waals surface area (Å²) in [6.45, 7) is 6.44. The summed E-state index contributed by atoms with van der Waals surface area (Å²) in [4.78, 5) is 14.8. The molecule has 1 N–H and O–H groups in total. The zero-order valence-electron chi connectivity index (χ0n) is 11.3. The lowest BCUT2D eigenvalue weighted by atomic mass is 9.86. The van der Waals surface area contributed by atoms with Crippen LogP contribution in [0.3, 0.4) is 0 Å². The maximum absolute atomic E-state index is 10.7. The van der Waals surface area contributed by atoms with Gasteiger partial charge in [0.1, 0.15) is 17.9 Å². The fourth-order valence-corrected chi connectivity index (χ4v) is 1.90. The first kappa shape index (κ1) is 13.3. The third-order valence-corrected chi connectivity index (χ3v) is 2.98. The molecule has 4 nitrogen and oxygen atoms in total. The molecule has 100 valence electrons. The van der Waals surface area contributed by atoms with Crippen LogP contribution in [-0.2, 0) is 16.6 Å². The van der Waals surface area contributed by atoms with Gasteiger partial charge in [0.15, 0.2) is 6.39 Å². The summed E-state index contributed by atoms with van der Waals surface area (Å²) >= 11 is 0. The maximum atomic E-state index is 10.7. The Morgan fingerprint density at radius 2 is 1.89 bits per heavy atom. The van der Waals surface area contributed by atoms with Crippen LogP contribution in [0.25, 0.3) is 11.3 Å². The Hall–Kier alpha value is -2.10. The van der Waals surface area contributed by atoms with Crippen molar-refractivity contribution in [3.05, 3.63) is 42.0 Å². The fourth-order valence-electron chi connectivity index (χ4n) is 1.90. The molecule has 0 fully saturated rings. The molecule has 19 heavy (non-hydrogen) atoms. The van der Waals surface area contributed by atoms with E-state index in [9.17, 15) is 4.79 Å². The summed E-state index contributed by atoms with van der Waals surface area (Å²) in [6.07, 6.45) is 1.13. The van der Waals surface area contributed by atoms with Gasteiger partial charge >= 0.3 is 5.97 Å². The van der Waals surface area contributed by atoms with Crippen molar-refractivity contribution in [1.29, 1.82) is 0 Å². The molecular weight excluding hydrogens is 242 g/mol. The number of oxazole rings is 1. The fraction of sp³-hybridized carbons (Fsp3) is 0.333. The molecule has 0 atom stereocenters. The number of carboxylic acid groups (broad SMARTS) is 1. The van der Waals surface area contributed by atoms with E-state index in [1.807, 2.05) is 24.3 Å². The van der Waals surface area contributed by atoms with E-state index < -0.39 is 5.97 Å². The Kier molecular flexibility index (Phi) is 3.42. The van der Waals surface area contributed by atoms with Crippen LogP contribution >= 0.6 is 0 Å². The first-order valence-electron chi connectivity index (χ1n) is 6.13. The van der Waals surface area contributed by atoms with Crippen molar-refractivity contribution in [3.8, 4) is 11.3 Å². The van der Waals surface area contributed by atoms with Gasteiger partial charge in [-0.2, -0.15) is 0 Å². The van der Waals surface area contributed by atoms with E-state index in [2.05, 4.69) is 25.8 Å². The molecular formula is C15H17NO3. The van der Waals surface area contributed by atoms with Crippen LogP contribution in [0.15, 0.2) is 35.1 Å². The Balaban J connectivity index is 2.33. The minimum Gasteiger partial charge on any atom is -0.481 e. The SMILES string of the molecule is CC(C)(C)c1ccc(-c2ncoc2CC(=O)O)cc1. The van der Waals surface area contributed by atoms with E-state index in [4.69, 9.17) is 9.52 Å². The Labute approximate surface area is 112 Å². The number of carbonyl (C=O) groups is 1. The van der Waals surface area contributed by atoms with Crippen LogP contribution in [0, 0.1) is 0 Å². The second-order valence-electron chi connectivity index (χ2n) is 5.52. The van der Waals surface area contributed by atoms with Crippen LogP contribution < -0.4 is 0 Å². The highest BCUT2D eigenvalue weighted by molar-refractivity contribution is 5.73. The van der Waals surface area contributed by atoms with Crippen LogP contribution in [0.2, 0.25) is 0 Å². The van der Waals surface area contributed by atoms with Crippen molar-refractivity contribution >= 4 is 5.97 Å². The number of hydrogen-bond donors (Lipinski definition) is 1. The average molecular weight is 259 g/mol. The topological polar surface area (TPSA) is 63.3 Å². The van der Waals surface area contributed by atoms with Gasteiger partial charge in [0.25, 0.3) is 0 Å². The van der Waals surface area contributed by atoms with Crippen molar-refractivity contribution in [3.63, 3.8) is 0 Å². The molecule has 0 aliphatic carbocycles. The minimum absolute atomic E-state index is 0.0895. The lowest BCUT2D eigenvalue weighted by Crippen LogP contribution is -2.10. The molecule has 2 rings (SSSR count). The number of nitrogens with zero attached hydrogens (tertiary/aromatic N) is 1. The lowest BCUT2D eigenvalue weighted by Gasteiger charge is -2.18. The number of carboxylic acids is 1. The van der Waals surface area contributed by atoms with E-state index in [0.29, 0.717) is 11.5 Å². The monoisotopic (exact) mass is 259 g/mol. The van der Waals surface area contributed by atoms with Gasteiger partial charge in [-0.25, -0.2) is 4.98 Å². The largest absolute Gasteiger partial charge is 0.481 e. The molecule has 0 unspecified atom stereocenters. The number of rotatable bonds is 3. The number of benzene rings is 1. The first-order chi connectivity index (χ1) is 8.88. The molecule has 0 saturated carbocycles. The quantitative estimate of drug-likeness (QED) is 0.918. The highest BCUT2D eigenvalue weighted by atomic mass is 16.4. The normalized spacial score (nSPS) is 11.5. The van der Waals surface area contributed by atoms with E-state index >= 15 is 0 Å². The van der Waals surface area contributed by atoms with Crippen LogP contribution in [0.5, 0.6) is 0 Å². The second-order valence-corrected chi connectivity index (χ2v) is 5.52. The van der Waals surface area contributed by atoms with Gasteiger partial charge in [-0.15, -0.1) is 0 Å². The van der Waals surface area contributed by atoms with Gasteiger partial charge in [-0.05, 0) is 11.0 Å².